The Morgan fingerprint density at radius 2 is 2.17 bits per heavy atom. The minimum Gasteiger partial charge on any atom is -0.353 e. The van der Waals surface area contributed by atoms with Gasteiger partial charge in [-0.2, -0.15) is 13.2 Å². The lowest BCUT2D eigenvalue weighted by Crippen LogP contribution is -2.44. The van der Waals surface area contributed by atoms with E-state index in [4.69, 9.17) is 11.6 Å². The lowest BCUT2D eigenvalue weighted by Gasteiger charge is -2.20. The van der Waals surface area contributed by atoms with Crippen LogP contribution in [0.3, 0.4) is 0 Å². The van der Waals surface area contributed by atoms with E-state index >= 15 is 0 Å². The van der Waals surface area contributed by atoms with Crippen molar-refractivity contribution in [1.82, 2.24) is 15.6 Å². The fourth-order valence-electron chi connectivity index (χ4n) is 3.12. The molecule has 2 N–H and O–H groups in total. The zero-order valence-electron chi connectivity index (χ0n) is 16.3. The summed E-state index contributed by atoms with van der Waals surface area (Å²) in [6.45, 7) is 1.80. The lowest BCUT2D eigenvalue weighted by molar-refractivity contribution is -0.137. The lowest BCUT2D eigenvalue weighted by atomic mass is 10.1. The minimum atomic E-state index is -4.38. The third-order valence-electron chi connectivity index (χ3n) is 4.56. The molecule has 1 fully saturated rings. The first-order chi connectivity index (χ1) is 14.4. The van der Waals surface area contributed by atoms with Gasteiger partial charge in [-0.15, -0.1) is 0 Å². The second-order valence-electron chi connectivity index (χ2n) is 6.69. The average molecular weight is 436 g/mol. The van der Waals surface area contributed by atoms with Gasteiger partial charge in [0.25, 0.3) is 0 Å². The summed E-state index contributed by atoms with van der Waals surface area (Å²) in [6.07, 6.45) is -1.77. The Hall–Kier alpha value is -2.92. The van der Waals surface area contributed by atoms with Gasteiger partial charge in [-0.1, -0.05) is 29.5 Å². The van der Waals surface area contributed by atoms with Gasteiger partial charge >= 0.3 is 6.18 Å². The number of rotatable bonds is 3. The summed E-state index contributed by atoms with van der Waals surface area (Å²) in [5.41, 5.74) is -0.397. The quantitative estimate of drug-likeness (QED) is 0.440. The third kappa shape index (κ3) is 5.80. The van der Waals surface area contributed by atoms with Crippen LogP contribution in [0, 0.1) is 11.8 Å². The Bertz CT molecular complexity index is 965. The van der Waals surface area contributed by atoms with Gasteiger partial charge in [-0.25, -0.2) is 4.98 Å². The molecule has 0 saturated carbocycles. The molecule has 1 atom stereocenters. The first-order valence-electron chi connectivity index (χ1n) is 9.35. The number of aromatic nitrogens is 1. The molecule has 0 radical (unpaired) electrons. The van der Waals surface area contributed by atoms with Crippen molar-refractivity contribution in [3.05, 3.63) is 58.7 Å². The van der Waals surface area contributed by atoms with Gasteiger partial charge in [-0.3, -0.25) is 4.99 Å². The molecule has 1 saturated heterocycles. The van der Waals surface area contributed by atoms with Gasteiger partial charge in [0.05, 0.1) is 17.1 Å². The van der Waals surface area contributed by atoms with Crippen molar-refractivity contribution in [3.8, 4) is 11.8 Å². The second-order valence-corrected chi connectivity index (χ2v) is 7.10. The van der Waals surface area contributed by atoms with Crippen molar-refractivity contribution in [2.75, 3.05) is 31.6 Å². The maximum absolute atomic E-state index is 12.8. The molecule has 1 aromatic carbocycles. The van der Waals surface area contributed by atoms with Crippen molar-refractivity contribution in [3.63, 3.8) is 0 Å². The van der Waals surface area contributed by atoms with E-state index in [9.17, 15) is 13.2 Å². The van der Waals surface area contributed by atoms with Crippen LogP contribution in [-0.2, 0) is 6.18 Å². The number of hydrogen-bond acceptors (Lipinski definition) is 3. The Balaban J connectivity index is 1.51. The van der Waals surface area contributed by atoms with Gasteiger partial charge in [-0.05, 0) is 36.8 Å². The van der Waals surface area contributed by atoms with Crippen LogP contribution in [0.2, 0.25) is 5.02 Å². The monoisotopic (exact) mass is 435 g/mol. The van der Waals surface area contributed by atoms with Gasteiger partial charge in [0.1, 0.15) is 5.82 Å². The molecule has 2 aromatic rings. The predicted molar refractivity (Wildman–Crippen MR) is 113 cm³/mol. The largest absolute Gasteiger partial charge is 0.416 e. The van der Waals surface area contributed by atoms with Crippen molar-refractivity contribution < 1.29 is 13.2 Å². The zero-order chi connectivity index (χ0) is 21.6. The zero-order valence-corrected chi connectivity index (χ0v) is 17.1. The SMILES string of the molecule is CN=C(NCC#Cc1cccc(C(F)(F)F)c1)NC1CCN(c2ncccc2Cl)C1. The van der Waals surface area contributed by atoms with Crippen molar-refractivity contribution in [1.29, 1.82) is 0 Å². The van der Waals surface area contributed by atoms with Crippen molar-refractivity contribution in [2.24, 2.45) is 4.99 Å². The van der Waals surface area contributed by atoms with E-state index in [1.54, 1.807) is 25.4 Å². The number of nitrogens with one attached hydrogen (secondary N) is 2. The van der Waals surface area contributed by atoms with E-state index in [-0.39, 0.29) is 12.6 Å². The first kappa shape index (κ1) is 21.8. The summed E-state index contributed by atoms with van der Waals surface area (Å²) in [5, 5.41) is 7.00. The highest BCUT2D eigenvalue weighted by Crippen LogP contribution is 2.29. The van der Waals surface area contributed by atoms with Crippen LogP contribution in [0.5, 0.6) is 0 Å². The normalized spacial score (nSPS) is 16.8. The van der Waals surface area contributed by atoms with Crippen LogP contribution >= 0.6 is 11.6 Å². The van der Waals surface area contributed by atoms with Crippen LogP contribution in [0.4, 0.5) is 19.0 Å². The van der Waals surface area contributed by atoms with E-state index < -0.39 is 11.7 Å². The van der Waals surface area contributed by atoms with Gasteiger partial charge in [0.2, 0.25) is 0 Å². The summed E-state index contributed by atoms with van der Waals surface area (Å²) in [4.78, 5) is 10.6. The molecule has 1 aliphatic rings. The number of hydrogen-bond donors (Lipinski definition) is 2. The van der Waals surface area contributed by atoms with Crippen LogP contribution in [0.25, 0.3) is 0 Å². The molecular formula is C21H21ClF3N5. The number of pyridine rings is 1. The van der Waals surface area contributed by atoms with Crippen LogP contribution in [-0.4, -0.2) is 43.7 Å². The van der Waals surface area contributed by atoms with E-state index in [0.717, 1.165) is 37.5 Å². The number of anilines is 1. The van der Waals surface area contributed by atoms with E-state index in [1.807, 2.05) is 6.07 Å². The summed E-state index contributed by atoms with van der Waals surface area (Å²) < 4.78 is 38.3. The summed E-state index contributed by atoms with van der Waals surface area (Å²) in [6, 6.07) is 8.73. The number of aliphatic imine (C=N–C) groups is 1. The molecule has 0 spiro atoms. The number of guanidine groups is 1. The molecule has 1 unspecified atom stereocenters. The fourth-order valence-corrected chi connectivity index (χ4v) is 3.36. The molecule has 5 nitrogen and oxygen atoms in total. The molecule has 2 heterocycles. The predicted octanol–water partition coefficient (Wildman–Crippen LogP) is 3.55. The molecule has 9 heteroatoms. The third-order valence-corrected chi connectivity index (χ3v) is 4.85. The Labute approximate surface area is 178 Å². The summed E-state index contributed by atoms with van der Waals surface area (Å²) in [5.74, 6) is 6.90. The minimum absolute atomic E-state index is 0.158. The standard InChI is InChI=1S/C21H21ClF3N5/c1-26-20(28-11-3-6-15-5-2-7-16(13-15)21(23,24)25)29-17-9-12-30(14-17)19-18(22)8-4-10-27-19/h2,4-5,7-8,10,13,17H,9,11-12,14H2,1H3,(H2,26,28,29). The van der Waals surface area contributed by atoms with Crippen LogP contribution < -0.4 is 15.5 Å². The molecular weight excluding hydrogens is 415 g/mol. The molecule has 0 amide bonds. The molecule has 0 bridgehead atoms. The van der Waals surface area contributed by atoms with E-state index in [2.05, 4.69) is 37.4 Å². The molecule has 158 valence electrons. The molecule has 30 heavy (non-hydrogen) atoms. The number of nitrogens with zero attached hydrogens (tertiary/aromatic N) is 3. The first-order valence-corrected chi connectivity index (χ1v) is 9.73. The maximum Gasteiger partial charge on any atom is 0.416 e. The Morgan fingerprint density at radius 1 is 1.33 bits per heavy atom. The van der Waals surface area contributed by atoms with E-state index in [1.165, 1.54) is 6.07 Å². The van der Waals surface area contributed by atoms with Crippen molar-refractivity contribution >= 4 is 23.4 Å². The van der Waals surface area contributed by atoms with Crippen LogP contribution in [0.1, 0.15) is 17.5 Å². The van der Waals surface area contributed by atoms with Gasteiger partial charge in [0.15, 0.2) is 5.96 Å². The second kappa shape index (κ2) is 9.72. The molecule has 1 aromatic heterocycles. The maximum atomic E-state index is 12.8. The highest BCUT2D eigenvalue weighted by atomic mass is 35.5. The molecule has 0 aliphatic carbocycles. The summed E-state index contributed by atoms with van der Waals surface area (Å²) >= 11 is 6.22. The fraction of sp³-hybridized carbons (Fsp3) is 0.333. The van der Waals surface area contributed by atoms with Gasteiger partial charge in [0, 0.05) is 37.9 Å². The van der Waals surface area contributed by atoms with Gasteiger partial charge < -0.3 is 15.5 Å². The average Bonchev–Trinajstić information content (AvgIpc) is 3.18. The molecule has 1 aliphatic heterocycles. The molecule has 3 rings (SSSR count). The topological polar surface area (TPSA) is 52.6 Å². The van der Waals surface area contributed by atoms with Crippen molar-refractivity contribution in [2.45, 2.75) is 18.6 Å². The highest BCUT2D eigenvalue weighted by molar-refractivity contribution is 6.32. The summed E-state index contributed by atoms with van der Waals surface area (Å²) in [7, 11) is 1.65. The smallest absolute Gasteiger partial charge is 0.353 e. The van der Waals surface area contributed by atoms with Crippen LogP contribution in [0.15, 0.2) is 47.6 Å². The highest BCUT2D eigenvalue weighted by Gasteiger charge is 2.30. The number of benzene rings is 1. The number of alkyl halides is 3. The Kier molecular flexibility index (Phi) is 7.06. The van der Waals surface area contributed by atoms with E-state index in [0.29, 0.717) is 16.5 Å². The Morgan fingerprint density at radius 3 is 2.90 bits per heavy atom. The number of halogens is 4.